The highest BCUT2D eigenvalue weighted by Crippen LogP contribution is 2.20. The van der Waals surface area contributed by atoms with Crippen LogP contribution >= 0.6 is 11.6 Å². The van der Waals surface area contributed by atoms with E-state index in [0.717, 1.165) is 22.9 Å². The van der Waals surface area contributed by atoms with Crippen molar-refractivity contribution in [1.82, 2.24) is 10.4 Å². The molecule has 5 nitrogen and oxygen atoms in total. The van der Waals surface area contributed by atoms with E-state index in [9.17, 15) is 4.79 Å². The number of hydrogen-bond acceptors (Lipinski definition) is 3. The van der Waals surface area contributed by atoms with Crippen molar-refractivity contribution < 1.29 is 10.5 Å². The maximum Gasteiger partial charge on any atom is 0.298 e. The fourth-order valence-corrected chi connectivity index (χ4v) is 2.35. The number of benzene rings is 1. The van der Waals surface area contributed by atoms with E-state index in [2.05, 4.69) is 21.2 Å². The average molecular weight is 334 g/mol. The van der Waals surface area contributed by atoms with E-state index in [4.69, 9.17) is 11.6 Å². The second-order valence-corrected chi connectivity index (χ2v) is 6.15. The summed E-state index contributed by atoms with van der Waals surface area (Å²) in [6.45, 7) is 6.03. The summed E-state index contributed by atoms with van der Waals surface area (Å²) in [5.74, 6) is 0.00968. The van der Waals surface area contributed by atoms with Gasteiger partial charge in [0.15, 0.2) is 6.04 Å². The lowest BCUT2D eigenvalue weighted by Gasteiger charge is -2.12. The number of pyridine rings is 1. The summed E-state index contributed by atoms with van der Waals surface area (Å²) in [6, 6.07) is 7.55. The maximum atomic E-state index is 11.9. The van der Waals surface area contributed by atoms with Crippen LogP contribution in [-0.2, 0) is 4.79 Å². The number of amides is 1. The molecule has 0 fully saturated rings. The van der Waals surface area contributed by atoms with E-state index in [0.29, 0.717) is 10.7 Å². The molecule has 1 aromatic carbocycles. The molecular formula is C17H22ClN4O+. The van der Waals surface area contributed by atoms with Crippen LogP contribution in [0.4, 0.5) is 0 Å². The zero-order valence-corrected chi connectivity index (χ0v) is 14.4. The molecule has 0 radical (unpaired) electrons. The fourth-order valence-electron chi connectivity index (χ4n) is 2.15. The molecule has 0 aliphatic heterocycles. The van der Waals surface area contributed by atoms with Crippen LogP contribution in [-0.4, -0.2) is 23.1 Å². The minimum Gasteiger partial charge on any atom is -0.347 e. The lowest BCUT2D eigenvalue weighted by atomic mass is 10.00. The summed E-state index contributed by atoms with van der Waals surface area (Å²) in [4.78, 5) is 16.3. The third-order valence-electron chi connectivity index (χ3n) is 4.00. The summed E-state index contributed by atoms with van der Waals surface area (Å²) >= 11 is 6.18. The lowest BCUT2D eigenvalue weighted by molar-refractivity contribution is -0.415. The first-order valence-electron chi connectivity index (χ1n) is 7.65. The first kappa shape index (κ1) is 17.4. The molecule has 0 spiro atoms. The van der Waals surface area contributed by atoms with Crippen molar-refractivity contribution in [3.63, 3.8) is 0 Å². The van der Waals surface area contributed by atoms with Gasteiger partial charge in [-0.25, -0.2) is 10.4 Å². The third-order valence-corrected chi connectivity index (χ3v) is 4.30. The topological polar surface area (TPSA) is 82.0 Å². The Morgan fingerprint density at radius 2 is 2.22 bits per heavy atom. The first-order chi connectivity index (χ1) is 10.9. The van der Waals surface area contributed by atoms with Crippen molar-refractivity contribution in [2.45, 2.75) is 33.2 Å². The van der Waals surface area contributed by atoms with Crippen molar-refractivity contribution in [2.24, 2.45) is 11.0 Å². The smallest absolute Gasteiger partial charge is 0.298 e. The monoisotopic (exact) mass is 333 g/mol. The molecule has 0 bridgehead atoms. The molecule has 6 heteroatoms. The Kier molecular flexibility index (Phi) is 5.69. The van der Waals surface area contributed by atoms with Gasteiger partial charge in [0.25, 0.3) is 5.91 Å². The van der Waals surface area contributed by atoms with Crippen LogP contribution in [0.25, 0.3) is 10.9 Å². The summed E-state index contributed by atoms with van der Waals surface area (Å²) in [5, 5.41) is 5.31. The predicted octanol–water partition coefficient (Wildman–Crippen LogP) is 2.30. The lowest BCUT2D eigenvalue weighted by Crippen LogP contribution is -2.69. The number of aryl methyl sites for hydroxylation is 1. The highest BCUT2D eigenvalue weighted by Gasteiger charge is 2.22. The minimum absolute atomic E-state index is 0.198. The van der Waals surface area contributed by atoms with E-state index < -0.39 is 0 Å². The molecule has 1 heterocycles. The van der Waals surface area contributed by atoms with E-state index >= 15 is 0 Å². The van der Waals surface area contributed by atoms with Crippen molar-refractivity contribution in [3.05, 3.63) is 40.5 Å². The Morgan fingerprint density at radius 3 is 2.91 bits per heavy atom. The molecular weight excluding hydrogens is 312 g/mol. The van der Waals surface area contributed by atoms with Crippen molar-refractivity contribution in [2.75, 3.05) is 0 Å². The number of aromatic nitrogens is 1. The molecule has 2 aromatic rings. The zero-order valence-electron chi connectivity index (χ0n) is 13.6. The van der Waals surface area contributed by atoms with Gasteiger partial charge in [0.1, 0.15) is 5.15 Å². The number of carbonyl (C=O) groups is 1. The van der Waals surface area contributed by atoms with Crippen LogP contribution in [0.3, 0.4) is 0 Å². The summed E-state index contributed by atoms with van der Waals surface area (Å²) in [6.07, 6.45) is 2.40. The molecule has 23 heavy (non-hydrogen) atoms. The third kappa shape index (κ3) is 4.27. The highest BCUT2D eigenvalue weighted by molar-refractivity contribution is 6.32. The predicted molar refractivity (Wildman–Crippen MR) is 93.4 cm³/mol. The van der Waals surface area contributed by atoms with E-state index in [1.54, 1.807) is 0 Å². The molecule has 1 aromatic heterocycles. The fraction of sp³-hybridized carbons (Fsp3) is 0.353. The van der Waals surface area contributed by atoms with Crippen LogP contribution in [0.5, 0.6) is 0 Å². The Balaban J connectivity index is 2.13. The summed E-state index contributed by atoms with van der Waals surface area (Å²) in [5.41, 5.74) is 9.01. The first-order valence-corrected chi connectivity index (χ1v) is 8.03. The van der Waals surface area contributed by atoms with Gasteiger partial charge >= 0.3 is 0 Å². The van der Waals surface area contributed by atoms with Gasteiger partial charge in [0, 0.05) is 16.9 Å². The number of rotatable bonds is 5. The molecule has 4 N–H and O–H groups in total. The number of fused-ring (bicyclic) bond motifs is 1. The molecule has 0 saturated carbocycles. The molecule has 0 unspecified atom stereocenters. The van der Waals surface area contributed by atoms with Crippen LogP contribution < -0.4 is 11.2 Å². The molecule has 0 aliphatic carbocycles. The molecule has 122 valence electrons. The second kappa shape index (κ2) is 7.53. The molecule has 2 atom stereocenters. The van der Waals surface area contributed by atoms with Crippen LogP contribution in [0.15, 0.2) is 29.4 Å². The van der Waals surface area contributed by atoms with Gasteiger partial charge in [0.2, 0.25) is 0 Å². The van der Waals surface area contributed by atoms with Gasteiger partial charge in [-0.1, -0.05) is 37.6 Å². The van der Waals surface area contributed by atoms with Crippen molar-refractivity contribution in [3.8, 4) is 0 Å². The number of nitrogens with zero attached hydrogens (tertiary/aromatic N) is 2. The van der Waals surface area contributed by atoms with E-state index in [1.165, 1.54) is 6.21 Å². The molecule has 2 rings (SSSR count). The van der Waals surface area contributed by atoms with Gasteiger partial charge in [-0.05, 0) is 31.0 Å². The van der Waals surface area contributed by atoms with Gasteiger partial charge in [-0.15, -0.1) is 0 Å². The highest BCUT2D eigenvalue weighted by atomic mass is 35.5. The van der Waals surface area contributed by atoms with Crippen LogP contribution in [0.1, 0.15) is 31.4 Å². The normalized spacial score (nSPS) is 14.1. The summed E-state index contributed by atoms with van der Waals surface area (Å²) < 4.78 is 0. The number of nitrogens with one attached hydrogen (secondary N) is 1. The minimum atomic E-state index is -0.328. The van der Waals surface area contributed by atoms with Gasteiger partial charge in [-0.3, -0.25) is 4.79 Å². The quantitative estimate of drug-likeness (QED) is 0.500. The molecule has 0 saturated heterocycles. The SMILES string of the molecule is CC[C@H](C)[C@H]([NH3+])C(=O)N/N=C\c1cc2ccc(C)cc2nc1Cl. The van der Waals surface area contributed by atoms with Crippen molar-refractivity contribution >= 4 is 34.6 Å². The Bertz CT molecular complexity index is 745. The Morgan fingerprint density at radius 1 is 1.48 bits per heavy atom. The number of hydrogen-bond donors (Lipinski definition) is 2. The largest absolute Gasteiger partial charge is 0.347 e. The van der Waals surface area contributed by atoms with Gasteiger partial charge in [0.05, 0.1) is 11.7 Å². The number of hydrazone groups is 1. The van der Waals surface area contributed by atoms with Crippen LogP contribution in [0, 0.1) is 12.8 Å². The second-order valence-electron chi connectivity index (χ2n) is 5.79. The molecule has 1 amide bonds. The van der Waals surface area contributed by atoms with E-state index in [-0.39, 0.29) is 17.9 Å². The maximum absolute atomic E-state index is 11.9. The van der Waals surface area contributed by atoms with Gasteiger partial charge < -0.3 is 5.73 Å². The number of halogens is 1. The standard InChI is InChI=1S/C17H21ClN4O/c1-4-11(3)15(19)17(23)22-20-9-13-8-12-6-5-10(2)7-14(12)21-16(13)18/h5-9,11,15H,4,19H2,1-3H3,(H,22,23)/p+1/b20-9-/t11-,15-/m0/s1. The Hall–Kier alpha value is -1.98. The van der Waals surface area contributed by atoms with Gasteiger partial charge in [-0.2, -0.15) is 5.10 Å². The molecule has 0 aliphatic rings. The number of quaternary nitrogens is 1. The van der Waals surface area contributed by atoms with E-state index in [1.807, 2.05) is 45.0 Å². The van der Waals surface area contributed by atoms with Crippen LogP contribution in [0.2, 0.25) is 5.15 Å². The Labute approximate surface area is 140 Å². The number of carbonyl (C=O) groups excluding carboxylic acids is 1. The van der Waals surface area contributed by atoms with Crippen molar-refractivity contribution in [1.29, 1.82) is 0 Å². The average Bonchev–Trinajstić information content (AvgIpc) is 2.53. The zero-order chi connectivity index (χ0) is 17.0. The summed E-state index contributed by atoms with van der Waals surface area (Å²) in [7, 11) is 0.